The van der Waals surface area contributed by atoms with Gasteiger partial charge in [0.25, 0.3) is 0 Å². The number of rotatable bonds is 1. The number of hydrogen-bond acceptors (Lipinski definition) is 2. The quantitative estimate of drug-likeness (QED) is 0.707. The summed E-state index contributed by atoms with van der Waals surface area (Å²) in [5.74, 6) is 2.37. The van der Waals surface area contributed by atoms with Crippen molar-refractivity contribution < 1.29 is 0 Å². The van der Waals surface area contributed by atoms with E-state index in [9.17, 15) is 0 Å². The second-order valence-corrected chi connectivity index (χ2v) is 5.98. The molecule has 1 fully saturated rings. The second-order valence-electron chi connectivity index (χ2n) is 5.62. The zero-order valence-corrected chi connectivity index (χ0v) is 11.1. The summed E-state index contributed by atoms with van der Waals surface area (Å²) >= 11 is 6.28. The Labute approximate surface area is 108 Å². The zero-order chi connectivity index (χ0) is 11.8. The molecule has 1 heterocycles. The summed E-state index contributed by atoms with van der Waals surface area (Å²) < 4.78 is 0. The van der Waals surface area contributed by atoms with Crippen LogP contribution in [0.2, 0.25) is 5.15 Å². The average Bonchev–Trinajstić information content (AvgIpc) is 2.77. The molecular weight excluding hydrogens is 232 g/mol. The van der Waals surface area contributed by atoms with Crippen LogP contribution in [-0.2, 0) is 12.8 Å². The van der Waals surface area contributed by atoms with E-state index < -0.39 is 0 Å². The van der Waals surface area contributed by atoms with Gasteiger partial charge in [-0.2, -0.15) is 0 Å². The van der Waals surface area contributed by atoms with Crippen LogP contribution >= 0.6 is 11.6 Å². The summed E-state index contributed by atoms with van der Waals surface area (Å²) in [6.07, 6.45) is 8.48. The largest absolute Gasteiger partial charge is 0.237 e. The van der Waals surface area contributed by atoms with Gasteiger partial charge >= 0.3 is 0 Å². The Hall–Kier alpha value is -0.630. The number of hydrogen-bond donors (Lipinski definition) is 0. The highest BCUT2D eigenvalue weighted by molar-refractivity contribution is 6.30. The first-order valence-electron chi connectivity index (χ1n) is 6.79. The zero-order valence-electron chi connectivity index (χ0n) is 10.4. The third kappa shape index (κ3) is 2.20. The van der Waals surface area contributed by atoms with Gasteiger partial charge in [0.1, 0.15) is 11.0 Å². The molecule has 1 aromatic heterocycles. The molecule has 0 radical (unpaired) electrons. The molecule has 1 aromatic rings. The van der Waals surface area contributed by atoms with Gasteiger partial charge in [-0.25, -0.2) is 9.97 Å². The van der Waals surface area contributed by atoms with Gasteiger partial charge in [0.15, 0.2) is 0 Å². The molecule has 2 aliphatic rings. The molecule has 0 saturated heterocycles. The van der Waals surface area contributed by atoms with Crippen LogP contribution in [0.25, 0.3) is 0 Å². The van der Waals surface area contributed by atoms with Gasteiger partial charge in [0.05, 0.1) is 0 Å². The highest BCUT2D eigenvalue weighted by Crippen LogP contribution is 2.36. The molecule has 0 spiro atoms. The van der Waals surface area contributed by atoms with Crippen molar-refractivity contribution in [2.75, 3.05) is 0 Å². The van der Waals surface area contributed by atoms with Crippen LogP contribution in [0.5, 0.6) is 0 Å². The first-order valence-corrected chi connectivity index (χ1v) is 7.17. The minimum Gasteiger partial charge on any atom is -0.237 e. The van der Waals surface area contributed by atoms with E-state index in [0.29, 0.717) is 5.92 Å². The molecule has 0 aromatic carbocycles. The van der Waals surface area contributed by atoms with Crippen molar-refractivity contribution in [3.8, 4) is 0 Å². The van der Waals surface area contributed by atoms with Crippen LogP contribution < -0.4 is 0 Å². The van der Waals surface area contributed by atoms with E-state index >= 15 is 0 Å². The van der Waals surface area contributed by atoms with Crippen LogP contribution in [0.4, 0.5) is 0 Å². The Kier molecular flexibility index (Phi) is 3.08. The van der Waals surface area contributed by atoms with Crippen LogP contribution in [0.3, 0.4) is 0 Å². The fourth-order valence-electron chi connectivity index (χ4n) is 3.26. The lowest BCUT2D eigenvalue weighted by Crippen LogP contribution is -2.15. The molecule has 2 atom stereocenters. The van der Waals surface area contributed by atoms with Crippen LogP contribution in [-0.4, -0.2) is 9.97 Å². The third-order valence-corrected chi connectivity index (χ3v) is 4.51. The maximum atomic E-state index is 6.28. The van der Waals surface area contributed by atoms with Crippen molar-refractivity contribution in [1.29, 1.82) is 0 Å². The Morgan fingerprint density at radius 1 is 1.12 bits per heavy atom. The van der Waals surface area contributed by atoms with Crippen molar-refractivity contribution in [3.05, 3.63) is 22.2 Å². The molecule has 2 unspecified atom stereocenters. The Bertz CT molecular complexity index is 430. The molecule has 2 nitrogen and oxygen atoms in total. The molecule has 17 heavy (non-hydrogen) atoms. The summed E-state index contributed by atoms with van der Waals surface area (Å²) in [5, 5.41) is 0.723. The number of aromatic nitrogens is 2. The lowest BCUT2D eigenvalue weighted by molar-refractivity contribution is 0.335. The van der Waals surface area contributed by atoms with E-state index in [-0.39, 0.29) is 0 Å². The molecular formula is C14H19ClN2. The van der Waals surface area contributed by atoms with Gasteiger partial charge < -0.3 is 0 Å². The van der Waals surface area contributed by atoms with E-state index in [1.54, 1.807) is 0 Å². The fraction of sp³-hybridized carbons (Fsp3) is 0.714. The van der Waals surface area contributed by atoms with Gasteiger partial charge in [-0.05, 0) is 38.0 Å². The monoisotopic (exact) mass is 250 g/mol. The normalized spacial score (nSPS) is 28.1. The van der Waals surface area contributed by atoms with Crippen molar-refractivity contribution in [3.63, 3.8) is 0 Å². The Balaban J connectivity index is 1.90. The fourth-order valence-corrected chi connectivity index (χ4v) is 3.55. The molecule has 0 aliphatic heterocycles. The molecule has 1 saturated carbocycles. The predicted octanol–water partition coefficient (Wildman–Crippen LogP) is 3.91. The first kappa shape index (κ1) is 11.5. The SMILES string of the molecule is CC1CCCC(c2nc(Cl)c3c(n2)CCC3)C1. The van der Waals surface area contributed by atoms with Crippen molar-refractivity contribution in [1.82, 2.24) is 9.97 Å². The van der Waals surface area contributed by atoms with E-state index in [1.165, 1.54) is 43.4 Å². The molecule has 0 N–H and O–H groups in total. The van der Waals surface area contributed by atoms with Crippen LogP contribution in [0.15, 0.2) is 0 Å². The highest BCUT2D eigenvalue weighted by Gasteiger charge is 2.25. The summed E-state index contributed by atoms with van der Waals surface area (Å²) in [6, 6.07) is 0. The molecule has 0 amide bonds. The summed E-state index contributed by atoms with van der Waals surface area (Å²) in [4.78, 5) is 9.33. The molecule has 3 rings (SSSR count). The average molecular weight is 251 g/mol. The smallest absolute Gasteiger partial charge is 0.136 e. The number of halogens is 1. The van der Waals surface area contributed by atoms with Crippen LogP contribution in [0.1, 0.15) is 62.0 Å². The maximum absolute atomic E-state index is 6.28. The standard InChI is InChI=1S/C14H19ClN2/c1-9-4-2-5-10(8-9)14-16-12-7-3-6-11(12)13(15)17-14/h9-10H,2-8H2,1H3. The van der Waals surface area contributed by atoms with E-state index in [0.717, 1.165) is 29.7 Å². The molecule has 3 heteroatoms. The van der Waals surface area contributed by atoms with E-state index in [2.05, 4.69) is 11.9 Å². The molecule has 92 valence electrons. The lowest BCUT2D eigenvalue weighted by atomic mass is 9.82. The van der Waals surface area contributed by atoms with Crippen molar-refractivity contribution in [2.45, 2.75) is 57.8 Å². The highest BCUT2D eigenvalue weighted by atomic mass is 35.5. The summed E-state index contributed by atoms with van der Waals surface area (Å²) in [6.45, 7) is 2.33. The first-order chi connectivity index (χ1) is 8.24. The van der Waals surface area contributed by atoms with Crippen molar-refractivity contribution in [2.24, 2.45) is 5.92 Å². The number of nitrogens with zero attached hydrogens (tertiary/aromatic N) is 2. The minimum atomic E-state index is 0.544. The second kappa shape index (κ2) is 4.56. The molecule has 0 bridgehead atoms. The lowest BCUT2D eigenvalue weighted by Gasteiger charge is -2.25. The number of fused-ring (bicyclic) bond motifs is 1. The van der Waals surface area contributed by atoms with Gasteiger partial charge in [0, 0.05) is 17.2 Å². The van der Waals surface area contributed by atoms with E-state index in [1.807, 2.05) is 0 Å². The van der Waals surface area contributed by atoms with Crippen molar-refractivity contribution >= 4 is 11.6 Å². The van der Waals surface area contributed by atoms with E-state index in [4.69, 9.17) is 16.6 Å². The topological polar surface area (TPSA) is 25.8 Å². The minimum absolute atomic E-state index is 0.544. The maximum Gasteiger partial charge on any atom is 0.136 e. The van der Waals surface area contributed by atoms with Gasteiger partial charge in [0.2, 0.25) is 0 Å². The Morgan fingerprint density at radius 3 is 2.82 bits per heavy atom. The number of aryl methyl sites for hydroxylation is 1. The predicted molar refractivity (Wildman–Crippen MR) is 69.4 cm³/mol. The third-order valence-electron chi connectivity index (χ3n) is 4.20. The van der Waals surface area contributed by atoms with Gasteiger partial charge in [-0.1, -0.05) is 31.4 Å². The molecule has 2 aliphatic carbocycles. The van der Waals surface area contributed by atoms with Gasteiger partial charge in [-0.15, -0.1) is 0 Å². The van der Waals surface area contributed by atoms with Gasteiger partial charge in [-0.3, -0.25) is 0 Å². The summed E-state index contributed by atoms with van der Waals surface area (Å²) in [5.41, 5.74) is 2.43. The van der Waals surface area contributed by atoms with Crippen LogP contribution in [0, 0.1) is 5.92 Å². The summed E-state index contributed by atoms with van der Waals surface area (Å²) in [7, 11) is 0. The Morgan fingerprint density at radius 2 is 2.00 bits per heavy atom.